The maximum atomic E-state index is 12.3. The number of rotatable bonds is 6. The molecule has 134 valence electrons. The second-order valence-corrected chi connectivity index (χ2v) is 7.24. The Morgan fingerprint density at radius 3 is 2.65 bits per heavy atom. The summed E-state index contributed by atoms with van der Waals surface area (Å²) in [4.78, 5) is 13.3. The summed E-state index contributed by atoms with van der Waals surface area (Å²) in [6.45, 7) is 2.28. The van der Waals surface area contributed by atoms with Crippen LogP contribution in [0.15, 0.2) is 54.6 Å². The molecule has 0 bridgehead atoms. The third kappa shape index (κ3) is 4.37. The Bertz CT molecular complexity index is 889. The van der Waals surface area contributed by atoms with Crippen LogP contribution in [0.25, 0.3) is 10.1 Å². The minimum Gasteiger partial charge on any atom is -0.489 e. The first kappa shape index (κ1) is 18.3. The molecule has 1 atom stereocenters. The highest BCUT2D eigenvalue weighted by Gasteiger charge is 2.12. The molecule has 0 radical (unpaired) electrons. The van der Waals surface area contributed by atoms with Crippen molar-refractivity contribution in [3.05, 3.63) is 65.0 Å². The van der Waals surface area contributed by atoms with Gasteiger partial charge in [-0.05, 0) is 48.7 Å². The third-order valence-corrected chi connectivity index (χ3v) is 5.20. The Labute approximate surface area is 160 Å². The minimum absolute atomic E-state index is 0.101. The van der Waals surface area contributed by atoms with Crippen molar-refractivity contribution in [3.8, 4) is 5.75 Å². The van der Waals surface area contributed by atoms with Crippen LogP contribution in [-0.2, 0) is 0 Å². The molecule has 0 aliphatic carbocycles. The van der Waals surface area contributed by atoms with Crippen molar-refractivity contribution in [1.29, 1.82) is 0 Å². The average molecular weight is 386 g/mol. The molecule has 2 aromatic carbocycles. The van der Waals surface area contributed by atoms with Crippen molar-refractivity contribution >= 4 is 44.5 Å². The van der Waals surface area contributed by atoms with E-state index in [2.05, 4.69) is 5.32 Å². The van der Waals surface area contributed by atoms with Gasteiger partial charge in [-0.1, -0.05) is 30.4 Å². The van der Waals surface area contributed by atoms with E-state index in [1.54, 1.807) is 24.3 Å². The molecule has 0 aliphatic rings. The molecule has 3 rings (SSSR count). The molecule has 3 aromatic rings. The average Bonchev–Trinajstić information content (AvgIpc) is 3.10. The topological polar surface area (TPSA) is 70.6 Å². The Morgan fingerprint density at radius 2 is 1.96 bits per heavy atom. The summed E-state index contributed by atoms with van der Waals surface area (Å²) in [5.74, 6) is 0.564. The summed E-state index contributed by atoms with van der Waals surface area (Å²) in [6.07, 6.45) is -0.193. The van der Waals surface area contributed by atoms with Gasteiger partial charge in [0.25, 0.3) is 5.91 Å². The van der Waals surface area contributed by atoms with Gasteiger partial charge >= 0.3 is 0 Å². The molecule has 26 heavy (non-hydrogen) atoms. The van der Waals surface area contributed by atoms with E-state index in [4.69, 9.17) is 22.2 Å². The van der Waals surface area contributed by atoms with Gasteiger partial charge in [-0.15, -0.1) is 11.3 Å². The second kappa shape index (κ2) is 8.27. The van der Waals surface area contributed by atoms with Crippen molar-refractivity contribution < 1.29 is 14.7 Å². The van der Waals surface area contributed by atoms with E-state index < -0.39 is 0 Å². The van der Waals surface area contributed by atoms with Crippen LogP contribution in [0.3, 0.4) is 0 Å². The van der Waals surface area contributed by atoms with E-state index in [0.29, 0.717) is 22.7 Å². The summed E-state index contributed by atoms with van der Waals surface area (Å²) in [5, 5.41) is 12.8. The van der Waals surface area contributed by atoms with Gasteiger partial charge in [-0.2, -0.15) is 0 Å². The number of hydrogen-bond acceptors (Lipinski definition) is 5. The molecule has 1 heterocycles. The van der Waals surface area contributed by atoms with Crippen LogP contribution in [0.5, 0.6) is 5.75 Å². The predicted octanol–water partition coefficient (Wildman–Crippen LogP) is 3.75. The molecule has 0 aliphatic heterocycles. The number of carbonyl (C=O) groups is 1. The van der Waals surface area contributed by atoms with Crippen LogP contribution in [0.2, 0.25) is 0 Å². The highest BCUT2D eigenvalue weighted by molar-refractivity contribution is 7.80. The lowest BCUT2D eigenvalue weighted by Crippen LogP contribution is -2.33. The van der Waals surface area contributed by atoms with Crippen LogP contribution in [0, 0.1) is 0 Å². The summed E-state index contributed by atoms with van der Waals surface area (Å²) < 4.78 is 6.89. The number of carbonyl (C=O) groups excluding carboxylic acids is 1. The highest BCUT2D eigenvalue weighted by Crippen LogP contribution is 2.25. The number of nitrogens with one attached hydrogen (secondary N) is 2. The fourth-order valence-electron chi connectivity index (χ4n) is 2.44. The number of hydrogen-bond donors (Lipinski definition) is 3. The van der Waals surface area contributed by atoms with Gasteiger partial charge in [-0.25, -0.2) is 0 Å². The zero-order valence-electron chi connectivity index (χ0n) is 14.1. The van der Waals surface area contributed by atoms with E-state index in [1.165, 1.54) is 11.3 Å². The quantitative estimate of drug-likeness (QED) is 0.445. The Balaban J connectivity index is 1.54. The number of thiophene rings is 1. The molecule has 0 unspecified atom stereocenters. The van der Waals surface area contributed by atoms with Crippen molar-refractivity contribution in [1.82, 2.24) is 10.8 Å². The normalized spacial score (nSPS) is 11.8. The molecule has 1 aromatic heterocycles. The number of amides is 1. The van der Waals surface area contributed by atoms with Crippen LogP contribution in [0.4, 0.5) is 0 Å². The lowest BCUT2D eigenvalue weighted by atomic mass is 10.2. The molecular formula is C19H18N2O3S2. The lowest BCUT2D eigenvalue weighted by molar-refractivity contribution is 0.0936. The highest BCUT2D eigenvalue weighted by atomic mass is 32.1. The molecular weight excluding hydrogens is 368 g/mol. The monoisotopic (exact) mass is 386 g/mol. The number of thiocarbonyl (C=S) groups is 1. The molecule has 3 N–H and O–H groups in total. The minimum atomic E-state index is -0.193. The predicted molar refractivity (Wildman–Crippen MR) is 107 cm³/mol. The van der Waals surface area contributed by atoms with Crippen molar-refractivity contribution in [3.63, 3.8) is 0 Å². The summed E-state index contributed by atoms with van der Waals surface area (Å²) in [7, 11) is 0. The first-order chi connectivity index (χ1) is 12.6. The van der Waals surface area contributed by atoms with Gasteiger partial charge in [0, 0.05) is 10.3 Å². The van der Waals surface area contributed by atoms with Crippen LogP contribution < -0.4 is 15.5 Å². The van der Waals surface area contributed by atoms with Gasteiger partial charge in [0.15, 0.2) is 0 Å². The van der Waals surface area contributed by atoms with E-state index in [-0.39, 0.29) is 17.0 Å². The molecule has 0 saturated carbocycles. The van der Waals surface area contributed by atoms with Gasteiger partial charge in [0.2, 0.25) is 0 Å². The SMILES string of the molecule is C[C@@H](CNC(=O)c1cc2ccccc2s1)Oc1ccc(C(=S)NO)cc1. The molecule has 0 saturated heterocycles. The number of fused-ring (bicyclic) bond motifs is 1. The van der Waals surface area contributed by atoms with Gasteiger partial charge < -0.3 is 10.1 Å². The second-order valence-electron chi connectivity index (χ2n) is 5.75. The van der Waals surface area contributed by atoms with Crippen LogP contribution in [0.1, 0.15) is 22.2 Å². The Kier molecular flexibility index (Phi) is 5.82. The van der Waals surface area contributed by atoms with E-state index >= 15 is 0 Å². The number of hydroxylamine groups is 1. The smallest absolute Gasteiger partial charge is 0.261 e. The molecule has 1 amide bonds. The largest absolute Gasteiger partial charge is 0.489 e. The zero-order chi connectivity index (χ0) is 18.5. The Hall–Kier alpha value is -2.48. The standard InChI is InChI=1S/C19H18N2O3S2/c1-12(24-15-8-6-13(7-9-15)19(25)21-23)11-20-18(22)17-10-14-4-2-3-5-16(14)26-17/h2-10,12,23H,11H2,1H3,(H,20,22)(H,21,25)/t12-/m0/s1. The van der Waals surface area contributed by atoms with Crippen molar-refractivity contribution in [2.75, 3.05) is 6.54 Å². The van der Waals surface area contributed by atoms with Crippen molar-refractivity contribution in [2.24, 2.45) is 0 Å². The van der Waals surface area contributed by atoms with Gasteiger partial charge in [0.1, 0.15) is 16.8 Å². The summed E-state index contributed by atoms with van der Waals surface area (Å²) in [6, 6.07) is 16.9. The Morgan fingerprint density at radius 1 is 1.23 bits per heavy atom. The fraction of sp³-hybridized carbons (Fsp3) is 0.158. The molecule has 0 spiro atoms. The van der Waals surface area contributed by atoms with Crippen LogP contribution in [-0.4, -0.2) is 28.8 Å². The van der Waals surface area contributed by atoms with E-state index in [0.717, 1.165) is 10.1 Å². The molecule has 7 heteroatoms. The number of benzene rings is 2. The zero-order valence-corrected chi connectivity index (χ0v) is 15.7. The molecule has 0 fully saturated rings. The van der Waals surface area contributed by atoms with Crippen molar-refractivity contribution in [2.45, 2.75) is 13.0 Å². The maximum absolute atomic E-state index is 12.3. The van der Waals surface area contributed by atoms with Crippen LogP contribution >= 0.6 is 23.6 Å². The fourth-order valence-corrected chi connectivity index (χ4v) is 3.56. The maximum Gasteiger partial charge on any atom is 0.261 e. The van der Waals surface area contributed by atoms with Gasteiger partial charge in [0.05, 0.1) is 11.4 Å². The number of ether oxygens (including phenoxy) is 1. The summed E-state index contributed by atoms with van der Waals surface area (Å²) >= 11 is 6.42. The van der Waals surface area contributed by atoms with E-state index in [9.17, 15) is 4.79 Å². The first-order valence-corrected chi connectivity index (χ1v) is 9.27. The lowest BCUT2D eigenvalue weighted by Gasteiger charge is -2.15. The van der Waals surface area contributed by atoms with E-state index in [1.807, 2.05) is 42.7 Å². The first-order valence-electron chi connectivity index (χ1n) is 8.05. The summed E-state index contributed by atoms with van der Waals surface area (Å²) in [5.41, 5.74) is 2.64. The third-order valence-electron chi connectivity index (χ3n) is 3.75. The molecule has 5 nitrogen and oxygen atoms in total. The van der Waals surface area contributed by atoms with Gasteiger partial charge in [-0.3, -0.25) is 15.5 Å².